The lowest BCUT2D eigenvalue weighted by Crippen LogP contribution is -2.32. The van der Waals surface area contributed by atoms with Crippen LogP contribution in [0, 0.1) is 26.6 Å². The third kappa shape index (κ3) is 7.14. The van der Waals surface area contributed by atoms with Crippen molar-refractivity contribution in [3.63, 3.8) is 0 Å². The minimum absolute atomic E-state index is 0.155. The van der Waals surface area contributed by atoms with E-state index in [4.69, 9.17) is 0 Å². The van der Waals surface area contributed by atoms with Crippen LogP contribution in [0.4, 0.5) is 10.1 Å². The summed E-state index contributed by atoms with van der Waals surface area (Å²) in [6, 6.07) is 12.3. The number of benzene rings is 2. The van der Waals surface area contributed by atoms with Crippen LogP contribution < -0.4 is 9.62 Å². The number of sulfonamides is 1. The van der Waals surface area contributed by atoms with E-state index in [1.807, 2.05) is 52.1 Å². The molecule has 0 heterocycles. The Hall–Kier alpha value is -1.92. The van der Waals surface area contributed by atoms with Gasteiger partial charge in [-0.05, 0) is 75.7 Å². The number of para-hydroxylation sites is 1. The van der Waals surface area contributed by atoms with Crippen molar-refractivity contribution < 1.29 is 12.8 Å². The molecule has 4 nitrogen and oxygen atoms in total. The molecule has 0 atom stereocenters. The Morgan fingerprint density at radius 1 is 1.00 bits per heavy atom. The summed E-state index contributed by atoms with van der Waals surface area (Å²) in [6.07, 6.45) is 2.04. The van der Waals surface area contributed by atoms with Crippen LogP contribution in [0.15, 0.2) is 42.5 Å². The number of hydrogen-bond acceptors (Lipinski definition) is 3. The Balaban J connectivity index is 0.000000314. The van der Waals surface area contributed by atoms with Gasteiger partial charge in [0.05, 0.1) is 11.9 Å². The van der Waals surface area contributed by atoms with Crippen molar-refractivity contribution >= 4 is 15.7 Å². The molecule has 144 valence electrons. The highest BCUT2D eigenvalue weighted by molar-refractivity contribution is 7.92. The van der Waals surface area contributed by atoms with Crippen molar-refractivity contribution in [3.05, 3.63) is 65.0 Å². The van der Waals surface area contributed by atoms with Crippen molar-refractivity contribution in [2.45, 2.75) is 27.2 Å². The Morgan fingerprint density at radius 2 is 1.65 bits per heavy atom. The summed E-state index contributed by atoms with van der Waals surface area (Å²) >= 11 is 0. The van der Waals surface area contributed by atoms with Gasteiger partial charge >= 0.3 is 0 Å². The van der Waals surface area contributed by atoms with Gasteiger partial charge in [-0.15, -0.1) is 0 Å². The number of anilines is 1. The summed E-state index contributed by atoms with van der Waals surface area (Å²) in [5, 5.41) is 3.02. The second kappa shape index (κ2) is 10.3. The Labute approximate surface area is 157 Å². The van der Waals surface area contributed by atoms with Crippen LogP contribution in [0.1, 0.15) is 23.1 Å². The molecule has 6 heteroatoms. The molecule has 0 amide bonds. The van der Waals surface area contributed by atoms with Crippen LogP contribution in [0.3, 0.4) is 0 Å². The molecule has 0 bridgehead atoms. The molecule has 0 aliphatic heterocycles. The molecule has 0 saturated heterocycles. The second-order valence-electron chi connectivity index (χ2n) is 6.31. The summed E-state index contributed by atoms with van der Waals surface area (Å²) in [4.78, 5) is 0. The maximum Gasteiger partial charge on any atom is 0.232 e. The first kappa shape index (κ1) is 22.1. The van der Waals surface area contributed by atoms with E-state index in [0.29, 0.717) is 6.54 Å². The van der Waals surface area contributed by atoms with Crippen LogP contribution in [-0.2, 0) is 10.0 Å². The van der Waals surface area contributed by atoms with Gasteiger partial charge in [0, 0.05) is 6.54 Å². The number of nitrogens with one attached hydrogen (secondary N) is 1. The van der Waals surface area contributed by atoms with Gasteiger partial charge in [0.15, 0.2) is 0 Å². The second-order valence-corrected chi connectivity index (χ2v) is 8.21. The summed E-state index contributed by atoms with van der Waals surface area (Å²) < 4.78 is 37.4. The summed E-state index contributed by atoms with van der Waals surface area (Å²) in [5.74, 6) is -0.155. The average molecular weight is 381 g/mol. The summed E-state index contributed by atoms with van der Waals surface area (Å²) in [6.45, 7) is 7.10. The minimum Gasteiger partial charge on any atom is -0.320 e. The highest BCUT2D eigenvalue weighted by Gasteiger charge is 2.17. The van der Waals surface area contributed by atoms with Crippen molar-refractivity contribution in [1.29, 1.82) is 0 Å². The predicted octanol–water partition coefficient (Wildman–Crippen LogP) is 3.81. The van der Waals surface area contributed by atoms with Crippen LogP contribution in [0.2, 0.25) is 0 Å². The quantitative estimate of drug-likeness (QED) is 0.775. The van der Waals surface area contributed by atoms with Gasteiger partial charge in [-0.1, -0.05) is 24.3 Å². The van der Waals surface area contributed by atoms with E-state index in [0.717, 1.165) is 35.3 Å². The molecule has 0 aromatic heterocycles. The normalized spacial score (nSPS) is 10.8. The largest absolute Gasteiger partial charge is 0.320 e. The first-order valence-electron chi connectivity index (χ1n) is 8.57. The van der Waals surface area contributed by atoms with E-state index in [9.17, 15) is 12.8 Å². The van der Waals surface area contributed by atoms with E-state index < -0.39 is 10.0 Å². The molecule has 0 aliphatic carbocycles. The highest BCUT2D eigenvalue weighted by Crippen LogP contribution is 2.21. The van der Waals surface area contributed by atoms with Crippen LogP contribution >= 0.6 is 0 Å². The van der Waals surface area contributed by atoms with Gasteiger partial charge < -0.3 is 5.32 Å². The molecule has 2 rings (SSSR count). The first-order valence-corrected chi connectivity index (χ1v) is 10.4. The predicted molar refractivity (Wildman–Crippen MR) is 108 cm³/mol. The van der Waals surface area contributed by atoms with E-state index in [-0.39, 0.29) is 5.82 Å². The lowest BCUT2D eigenvalue weighted by atomic mass is 10.1. The first-order chi connectivity index (χ1) is 12.2. The molecule has 2 aromatic rings. The van der Waals surface area contributed by atoms with Gasteiger partial charge in [-0.3, -0.25) is 4.31 Å². The van der Waals surface area contributed by atoms with Crippen molar-refractivity contribution in [2.24, 2.45) is 0 Å². The van der Waals surface area contributed by atoms with Gasteiger partial charge in [-0.2, -0.15) is 0 Å². The van der Waals surface area contributed by atoms with Crippen LogP contribution in [-0.4, -0.2) is 34.8 Å². The Morgan fingerprint density at radius 3 is 2.15 bits per heavy atom. The van der Waals surface area contributed by atoms with Crippen molar-refractivity contribution in [2.75, 3.05) is 30.7 Å². The minimum atomic E-state index is -3.22. The number of hydrogen-bond donors (Lipinski definition) is 1. The molecule has 0 spiro atoms. The lowest BCUT2D eigenvalue weighted by molar-refractivity contribution is 0.593. The SMILES string of the molecule is CNCCCN(c1ccccc1C)S(C)(=O)=O.Cc1ccc(F)cc1C. The molecular formula is C20H29FN2O2S. The third-order valence-corrected chi connectivity index (χ3v) is 5.22. The number of halogens is 1. The average Bonchev–Trinajstić information content (AvgIpc) is 2.56. The number of aryl methyl sites for hydroxylation is 3. The smallest absolute Gasteiger partial charge is 0.232 e. The maximum absolute atomic E-state index is 12.3. The zero-order chi connectivity index (χ0) is 19.7. The molecule has 26 heavy (non-hydrogen) atoms. The molecule has 0 saturated carbocycles. The lowest BCUT2D eigenvalue weighted by Gasteiger charge is -2.24. The third-order valence-electron chi connectivity index (χ3n) is 4.04. The van der Waals surface area contributed by atoms with E-state index >= 15 is 0 Å². The van der Waals surface area contributed by atoms with E-state index in [2.05, 4.69) is 5.32 Å². The molecule has 0 fully saturated rings. The van der Waals surface area contributed by atoms with E-state index in [1.165, 1.54) is 22.7 Å². The molecule has 0 unspecified atom stereocenters. The molecule has 0 radical (unpaired) electrons. The monoisotopic (exact) mass is 380 g/mol. The standard InChI is InChI=1S/C12H20N2O2S.C8H9F/c1-11-7-4-5-8-12(11)14(17(3,15)16)10-6-9-13-2;1-6-3-4-8(9)5-7(6)2/h4-5,7-8,13H,6,9-10H2,1-3H3;3-5H,1-2H3. The maximum atomic E-state index is 12.3. The number of rotatable bonds is 6. The summed E-state index contributed by atoms with van der Waals surface area (Å²) in [5.41, 5.74) is 3.89. The van der Waals surface area contributed by atoms with Gasteiger partial charge in [0.2, 0.25) is 10.0 Å². The molecular weight excluding hydrogens is 351 g/mol. The fourth-order valence-electron chi connectivity index (χ4n) is 2.41. The van der Waals surface area contributed by atoms with Crippen molar-refractivity contribution in [1.82, 2.24) is 5.32 Å². The number of nitrogens with zero attached hydrogens (tertiary/aromatic N) is 1. The summed E-state index contributed by atoms with van der Waals surface area (Å²) in [7, 11) is -1.36. The van der Waals surface area contributed by atoms with E-state index in [1.54, 1.807) is 6.07 Å². The van der Waals surface area contributed by atoms with Gasteiger partial charge in [0.1, 0.15) is 5.82 Å². The van der Waals surface area contributed by atoms with Gasteiger partial charge in [-0.25, -0.2) is 12.8 Å². The Kier molecular flexibility index (Phi) is 8.75. The highest BCUT2D eigenvalue weighted by atomic mass is 32.2. The van der Waals surface area contributed by atoms with Crippen LogP contribution in [0.5, 0.6) is 0 Å². The molecule has 2 aromatic carbocycles. The zero-order valence-corrected chi connectivity index (χ0v) is 17.0. The Bertz CT molecular complexity index is 807. The van der Waals surface area contributed by atoms with Crippen molar-refractivity contribution in [3.8, 4) is 0 Å². The topological polar surface area (TPSA) is 49.4 Å². The van der Waals surface area contributed by atoms with Gasteiger partial charge in [0.25, 0.3) is 0 Å². The molecule has 0 aliphatic rings. The van der Waals surface area contributed by atoms with Crippen LogP contribution in [0.25, 0.3) is 0 Å². The fraction of sp³-hybridized carbons (Fsp3) is 0.400. The fourth-order valence-corrected chi connectivity index (χ4v) is 3.44. The molecule has 1 N–H and O–H groups in total. The zero-order valence-electron chi connectivity index (χ0n) is 16.2.